The largest absolute Gasteiger partial charge is 0.435 e. The van der Waals surface area contributed by atoms with Crippen molar-refractivity contribution in [3.8, 4) is 0 Å². The number of carbonyl (C=O) groups excluding carboxylic acids is 3. The van der Waals surface area contributed by atoms with Gasteiger partial charge in [-0.25, -0.2) is 0 Å². The summed E-state index contributed by atoms with van der Waals surface area (Å²) in [5.41, 5.74) is -7.62. The fourth-order valence-corrected chi connectivity index (χ4v) is 4.88. The lowest BCUT2D eigenvalue weighted by molar-refractivity contribution is -0.275. The van der Waals surface area contributed by atoms with Crippen LogP contribution in [0, 0.1) is 0 Å². The van der Waals surface area contributed by atoms with Gasteiger partial charge in [0.15, 0.2) is 0 Å². The van der Waals surface area contributed by atoms with E-state index in [1.54, 1.807) is 0 Å². The smallest absolute Gasteiger partial charge is 0.374 e. The Bertz CT molecular complexity index is 1450. The van der Waals surface area contributed by atoms with Gasteiger partial charge in [-0.15, -0.1) is 0 Å². The minimum absolute atomic E-state index is 0.171. The van der Waals surface area contributed by atoms with Crippen LogP contribution in [0.25, 0.3) is 0 Å². The summed E-state index contributed by atoms with van der Waals surface area (Å²) in [5, 5.41) is 3.00. The number of oxime groups is 1. The van der Waals surface area contributed by atoms with Crippen LogP contribution in [0.15, 0.2) is 41.6 Å². The van der Waals surface area contributed by atoms with E-state index in [1.807, 2.05) is 0 Å². The summed E-state index contributed by atoms with van der Waals surface area (Å²) in [6.45, 7) is -4.20. The van der Waals surface area contributed by atoms with E-state index in [1.165, 1.54) is 0 Å². The van der Waals surface area contributed by atoms with Crippen LogP contribution in [0.1, 0.15) is 33.5 Å². The molecule has 1 unspecified atom stereocenters. The van der Waals surface area contributed by atoms with E-state index in [9.17, 15) is 53.9 Å². The number of rotatable bonds is 4. The second-order valence-corrected chi connectivity index (χ2v) is 10.1. The Morgan fingerprint density at radius 1 is 0.905 bits per heavy atom. The Kier molecular flexibility index (Phi) is 7.95. The number of alkyl halides is 9. The highest BCUT2D eigenvalue weighted by molar-refractivity contribution is 6.34. The van der Waals surface area contributed by atoms with E-state index in [-0.39, 0.29) is 14.9 Å². The van der Waals surface area contributed by atoms with Crippen LogP contribution in [-0.2, 0) is 26.2 Å². The number of benzene rings is 2. The monoisotopic (exact) mass is 649 g/mol. The molecule has 226 valence electrons. The molecule has 0 aromatic heterocycles. The van der Waals surface area contributed by atoms with Crippen molar-refractivity contribution in [2.45, 2.75) is 30.6 Å². The third kappa shape index (κ3) is 6.14. The van der Waals surface area contributed by atoms with Gasteiger partial charge in [0.2, 0.25) is 11.8 Å². The Morgan fingerprint density at radius 2 is 1.48 bits per heavy atom. The van der Waals surface area contributed by atoms with Crippen LogP contribution in [0.4, 0.5) is 39.5 Å². The summed E-state index contributed by atoms with van der Waals surface area (Å²) >= 11 is 11.7. The molecule has 2 aromatic carbocycles. The topological polar surface area (TPSA) is 79.3 Å². The van der Waals surface area contributed by atoms with Crippen molar-refractivity contribution in [2.24, 2.45) is 5.16 Å². The summed E-state index contributed by atoms with van der Waals surface area (Å²) in [7, 11) is 0. The first kappa shape index (κ1) is 31.4. The lowest BCUT2D eigenvalue weighted by atomic mass is 9.86. The molecule has 0 N–H and O–H groups in total. The number of hydrogen-bond donors (Lipinski definition) is 0. The number of piperazine rings is 1. The van der Waals surface area contributed by atoms with Crippen molar-refractivity contribution in [1.29, 1.82) is 0 Å². The molecule has 0 bridgehead atoms. The number of nitrogens with zero attached hydrogens (tertiary/aromatic N) is 3. The zero-order valence-electron chi connectivity index (χ0n) is 20.4. The van der Waals surface area contributed by atoms with E-state index in [2.05, 4.69) is 5.16 Å². The number of hydrogen-bond acceptors (Lipinski definition) is 5. The standard InChI is InChI=1S/C24H14Cl2F9N3O4/c25-13-4-12(5-14(26)6-13)21(24(33,34)35)7-17(36-42-21)11-1-2-15(16(3-11)23(30,31)32)20(41)37-8-18(39)38(19(40)9-37)10-22(27,28)29/h1-6H,7-10H2. The van der Waals surface area contributed by atoms with Crippen LogP contribution in [0.2, 0.25) is 10.0 Å². The number of amides is 3. The second-order valence-electron chi connectivity index (χ2n) is 9.20. The molecule has 2 aliphatic rings. The number of imide groups is 1. The molecule has 1 atom stereocenters. The Morgan fingerprint density at radius 3 is 1.98 bits per heavy atom. The maximum atomic E-state index is 14.2. The molecule has 2 aliphatic heterocycles. The first-order valence-corrected chi connectivity index (χ1v) is 12.2. The fourth-order valence-electron chi connectivity index (χ4n) is 4.35. The molecule has 3 amide bonds. The Hall–Kier alpha value is -3.53. The lowest BCUT2D eigenvalue weighted by Gasteiger charge is -2.33. The molecule has 2 heterocycles. The van der Waals surface area contributed by atoms with Gasteiger partial charge in [-0.3, -0.25) is 19.3 Å². The predicted molar refractivity (Wildman–Crippen MR) is 127 cm³/mol. The molecule has 42 heavy (non-hydrogen) atoms. The molecule has 2 aromatic rings. The molecule has 1 saturated heterocycles. The zero-order valence-corrected chi connectivity index (χ0v) is 21.9. The van der Waals surface area contributed by atoms with Gasteiger partial charge >= 0.3 is 18.5 Å². The van der Waals surface area contributed by atoms with Crippen molar-refractivity contribution < 1.29 is 58.7 Å². The third-order valence-corrected chi connectivity index (χ3v) is 6.72. The summed E-state index contributed by atoms with van der Waals surface area (Å²) in [4.78, 5) is 42.0. The van der Waals surface area contributed by atoms with E-state index in [0.29, 0.717) is 17.0 Å². The van der Waals surface area contributed by atoms with Gasteiger partial charge in [-0.2, -0.15) is 39.5 Å². The van der Waals surface area contributed by atoms with Gasteiger partial charge in [-0.1, -0.05) is 34.4 Å². The van der Waals surface area contributed by atoms with Gasteiger partial charge in [0, 0.05) is 27.6 Å². The summed E-state index contributed by atoms with van der Waals surface area (Å²) < 4.78 is 123. The maximum absolute atomic E-state index is 14.2. The Labute approximate surface area is 239 Å². The van der Waals surface area contributed by atoms with Crippen molar-refractivity contribution >= 4 is 46.6 Å². The van der Waals surface area contributed by atoms with Crippen molar-refractivity contribution in [3.63, 3.8) is 0 Å². The molecule has 7 nitrogen and oxygen atoms in total. The first-order valence-electron chi connectivity index (χ1n) is 11.4. The normalized spacial score (nSPS) is 20.1. The van der Waals surface area contributed by atoms with Crippen LogP contribution >= 0.6 is 23.2 Å². The number of halogens is 11. The molecular weight excluding hydrogens is 636 g/mol. The predicted octanol–water partition coefficient (Wildman–Crippen LogP) is 5.97. The minimum atomic E-state index is -5.28. The summed E-state index contributed by atoms with van der Waals surface area (Å²) in [6.07, 6.45) is -16.5. The zero-order chi connectivity index (χ0) is 31.4. The molecule has 18 heteroatoms. The van der Waals surface area contributed by atoms with Gasteiger partial charge in [-0.05, 0) is 30.3 Å². The highest BCUT2D eigenvalue weighted by Crippen LogP contribution is 2.50. The van der Waals surface area contributed by atoms with Crippen LogP contribution in [0.5, 0.6) is 0 Å². The van der Waals surface area contributed by atoms with Gasteiger partial charge in [0.1, 0.15) is 19.6 Å². The van der Waals surface area contributed by atoms with Gasteiger partial charge in [0.05, 0.1) is 16.8 Å². The lowest BCUT2D eigenvalue weighted by Crippen LogP contribution is -2.57. The van der Waals surface area contributed by atoms with E-state index >= 15 is 0 Å². The quantitative estimate of drug-likeness (QED) is 0.302. The van der Waals surface area contributed by atoms with Crippen molar-refractivity contribution in [2.75, 3.05) is 19.6 Å². The summed E-state index contributed by atoms with van der Waals surface area (Å²) in [5.74, 6) is -4.46. The number of carbonyl (C=O) groups is 3. The highest BCUT2D eigenvalue weighted by Gasteiger charge is 2.62. The average molecular weight is 650 g/mol. The average Bonchev–Trinajstić information content (AvgIpc) is 3.31. The van der Waals surface area contributed by atoms with E-state index in [4.69, 9.17) is 28.0 Å². The van der Waals surface area contributed by atoms with Crippen LogP contribution < -0.4 is 0 Å². The Balaban J connectivity index is 1.66. The van der Waals surface area contributed by atoms with Crippen molar-refractivity contribution in [3.05, 3.63) is 68.7 Å². The molecule has 0 saturated carbocycles. The van der Waals surface area contributed by atoms with E-state index < -0.39 is 95.9 Å². The van der Waals surface area contributed by atoms with E-state index in [0.717, 1.165) is 24.3 Å². The SMILES string of the molecule is O=C(c1ccc(C2=NOC(c3cc(Cl)cc(Cl)c3)(C(F)(F)F)C2)cc1C(F)(F)F)N1CC(=O)N(CC(F)(F)F)C(=O)C1. The molecule has 0 aliphatic carbocycles. The summed E-state index contributed by atoms with van der Waals surface area (Å²) in [6, 6.07) is 4.71. The molecule has 1 fully saturated rings. The van der Waals surface area contributed by atoms with Gasteiger partial charge < -0.3 is 9.74 Å². The van der Waals surface area contributed by atoms with Gasteiger partial charge in [0.25, 0.3) is 11.5 Å². The molecule has 4 rings (SSSR count). The fraction of sp³-hybridized carbons (Fsp3) is 0.333. The second kappa shape index (κ2) is 10.6. The minimum Gasteiger partial charge on any atom is -0.374 e. The van der Waals surface area contributed by atoms with Crippen LogP contribution in [-0.4, -0.2) is 65.2 Å². The molecule has 0 radical (unpaired) electrons. The van der Waals surface area contributed by atoms with Crippen molar-refractivity contribution in [1.82, 2.24) is 9.80 Å². The first-order chi connectivity index (χ1) is 19.2. The third-order valence-electron chi connectivity index (χ3n) is 6.28. The van der Waals surface area contributed by atoms with Crippen LogP contribution in [0.3, 0.4) is 0 Å². The maximum Gasteiger partial charge on any atom is 0.435 e. The molecular formula is C24H14Cl2F9N3O4. The molecule has 0 spiro atoms. The highest BCUT2D eigenvalue weighted by atomic mass is 35.5.